The lowest BCUT2D eigenvalue weighted by Gasteiger charge is -2.06. The minimum absolute atomic E-state index is 0.343. The van der Waals surface area contributed by atoms with Crippen molar-refractivity contribution in [3.63, 3.8) is 0 Å². The molecule has 8 heteroatoms. The smallest absolute Gasteiger partial charge is 0.272 e. The summed E-state index contributed by atoms with van der Waals surface area (Å²) in [5.41, 5.74) is 3.25. The molecule has 0 aliphatic carbocycles. The van der Waals surface area contributed by atoms with Crippen LogP contribution >= 0.6 is 0 Å². The number of amides is 1. The summed E-state index contributed by atoms with van der Waals surface area (Å²) in [6, 6.07) is 6.83. The Morgan fingerprint density at radius 1 is 1.36 bits per heavy atom. The number of nitrogens with zero attached hydrogens (tertiary/aromatic N) is 3. The molecule has 0 spiro atoms. The van der Waals surface area contributed by atoms with Crippen LogP contribution in [-0.4, -0.2) is 22.0 Å². The number of nitro groups is 1. The van der Waals surface area contributed by atoms with Gasteiger partial charge in [0.05, 0.1) is 16.7 Å². The van der Waals surface area contributed by atoms with Crippen LogP contribution in [0.3, 0.4) is 0 Å². The van der Waals surface area contributed by atoms with E-state index in [1.807, 2.05) is 0 Å². The van der Waals surface area contributed by atoms with Crippen LogP contribution in [0, 0.1) is 17.0 Å². The monoisotopic (exact) mass is 299 g/mol. The van der Waals surface area contributed by atoms with Gasteiger partial charge < -0.3 is 5.11 Å². The predicted octanol–water partition coefficient (Wildman–Crippen LogP) is 1.14. The molecule has 1 N–H and O–H groups in total. The quantitative estimate of drug-likeness (QED) is 0.515. The molecule has 1 aromatic carbocycles. The minimum atomic E-state index is -0.755. The van der Waals surface area contributed by atoms with Crippen molar-refractivity contribution >= 4 is 17.8 Å². The predicted molar refractivity (Wildman–Crippen MR) is 76.6 cm³/mol. The Kier molecular flexibility index (Phi) is 4.42. The molecule has 2 rings (SSSR count). The topological polar surface area (TPSA) is 121 Å². The van der Waals surface area contributed by atoms with E-state index in [0.29, 0.717) is 11.1 Å². The number of nitrogens with one attached hydrogen (secondary N) is 1. The fraction of sp³-hybridized carbons (Fsp3) is 0.0714. The molecule has 0 aliphatic rings. The number of aromatic nitrogens is 1. The minimum Gasteiger partial charge on any atom is -0.868 e. The maximum atomic E-state index is 11.7. The average molecular weight is 299 g/mol. The lowest BCUT2D eigenvalue weighted by Crippen LogP contribution is -2.17. The van der Waals surface area contributed by atoms with E-state index in [1.165, 1.54) is 18.5 Å². The Morgan fingerprint density at radius 2 is 2.14 bits per heavy atom. The molecule has 0 saturated heterocycles. The van der Waals surface area contributed by atoms with Crippen LogP contribution in [0.15, 0.2) is 41.6 Å². The van der Waals surface area contributed by atoms with Crippen molar-refractivity contribution in [3.8, 4) is 5.75 Å². The van der Waals surface area contributed by atoms with E-state index in [0.717, 1.165) is 17.8 Å². The van der Waals surface area contributed by atoms with Gasteiger partial charge >= 0.3 is 0 Å². The number of carbonyl (C=O) groups excluding carboxylic acids is 1. The third-order valence-corrected chi connectivity index (χ3v) is 2.73. The first kappa shape index (κ1) is 15.1. The summed E-state index contributed by atoms with van der Waals surface area (Å²) in [4.78, 5) is 25.5. The van der Waals surface area contributed by atoms with Gasteiger partial charge in [-0.1, -0.05) is 6.07 Å². The van der Waals surface area contributed by atoms with Crippen LogP contribution in [0.2, 0.25) is 0 Å². The molecule has 0 atom stereocenters. The molecular formula is C14H11N4O4-. The highest BCUT2D eigenvalue weighted by Gasteiger charge is 2.06. The summed E-state index contributed by atoms with van der Waals surface area (Å²) < 4.78 is 0. The van der Waals surface area contributed by atoms with Crippen molar-refractivity contribution in [3.05, 3.63) is 63.5 Å². The number of rotatable bonds is 4. The van der Waals surface area contributed by atoms with E-state index in [-0.39, 0.29) is 0 Å². The molecule has 0 radical (unpaired) electrons. The number of hydrogen-bond acceptors (Lipinski definition) is 6. The Bertz CT molecular complexity index is 741. The number of carbonyl (C=O) groups is 1. The van der Waals surface area contributed by atoms with Gasteiger partial charge in [-0.05, 0) is 36.4 Å². The van der Waals surface area contributed by atoms with Gasteiger partial charge in [0.2, 0.25) is 0 Å². The molecule has 0 aliphatic heterocycles. The van der Waals surface area contributed by atoms with Gasteiger partial charge in [0.25, 0.3) is 11.6 Å². The molecule has 1 aromatic heterocycles. The molecule has 1 heterocycles. The van der Waals surface area contributed by atoms with Gasteiger partial charge in [-0.3, -0.25) is 19.9 Å². The summed E-state index contributed by atoms with van der Waals surface area (Å²) in [6.45, 7) is 1.80. The molecule has 0 saturated carbocycles. The number of benzene rings is 1. The molecule has 1 amide bonds. The van der Waals surface area contributed by atoms with E-state index in [2.05, 4.69) is 15.5 Å². The Hall–Kier alpha value is -3.29. The zero-order valence-corrected chi connectivity index (χ0v) is 11.5. The maximum absolute atomic E-state index is 11.7. The van der Waals surface area contributed by atoms with Crippen LogP contribution in [0.25, 0.3) is 0 Å². The van der Waals surface area contributed by atoms with Crippen LogP contribution in [0.1, 0.15) is 21.6 Å². The number of aryl methyl sites for hydroxylation is 1. The van der Waals surface area contributed by atoms with Crippen molar-refractivity contribution < 1.29 is 14.8 Å². The van der Waals surface area contributed by atoms with Gasteiger partial charge in [-0.25, -0.2) is 5.43 Å². The summed E-state index contributed by atoms with van der Waals surface area (Å²) in [5.74, 6) is -1.17. The summed E-state index contributed by atoms with van der Waals surface area (Å²) in [6.07, 6.45) is 2.65. The summed E-state index contributed by atoms with van der Waals surface area (Å²) >= 11 is 0. The van der Waals surface area contributed by atoms with Gasteiger partial charge in [-0.15, -0.1) is 0 Å². The molecule has 0 bridgehead atoms. The first-order valence-corrected chi connectivity index (χ1v) is 6.19. The molecular weight excluding hydrogens is 288 g/mol. The van der Waals surface area contributed by atoms with Crippen molar-refractivity contribution in [2.75, 3.05) is 0 Å². The van der Waals surface area contributed by atoms with Crippen LogP contribution in [-0.2, 0) is 0 Å². The Morgan fingerprint density at radius 3 is 2.73 bits per heavy atom. The number of pyridine rings is 1. The second-order valence-electron chi connectivity index (χ2n) is 4.37. The lowest BCUT2D eigenvalue weighted by atomic mass is 10.2. The molecule has 112 valence electrons. The largest absolute Gasteiger partial charge is 0.868 e. The van der Waals surface area contributed by atoms with Crippen molar-refractivity contribution in [1.82, 2.24) is 10.4 Å². The Balaban J connectivity index is 2.03. The molecule has 8 nitrogen and oxygen atoms in total. The van der Waals surface area contributed by atoms with Crippen molar-refractivity contribution in [1.29, 1.82) is 0 Å². The Labute approximate surface area is 125 Å². The van der Waals surface area contributed by atoms with Crippen LogP contribution in [0.5, 0.6) is 5.75 Å². The first-order valence-electron chi connectivity index (χ1n) is 6.19. The third-order valence-electron chi connectivity index (χ3n) is 2.73. The highest BCUT2D eigenvalue weighted by molar-refractivity contribution is 5.94. The van der Waals surface area contributed by atoms with Crippen LogP contribution < -0.4 is 10.5 Å². The molecule has 2 aromatic rings. The summed E-state index contributed by atoms with van der Waals surface area (Å²) in [5, 5.41) is 25.7. The van der Waals surface area contributed by atoms with Crippen molar-refractivity contribution in [2.45, 2.75) is 6.92 Å². The van der Waals surface area contributed by atoms with E-state index in [9.17, 15) is 20.0 Å². The van der Waals surface area contributed by atoms with Gasteiger partial charge in [0.1, 0.15) is 0 Å². The standard InChI is InChI=1S/C14H12N4O4/c1-9-2-4-11(8-15-9)14(20)17-16-7-10-3-5-12(18(21)22)13(19)6-10/h2-8,19H,1H3,(H,17,20)/p-1/b16-7-. The zero-order chi connectivity index (χ0) is 16.1. The van der Waals surface area contributed by atoms with Crippen LogP contribution in [0.4, 0.5) is 5.69 Å². The zero-order valence-electron chi connectivity index (χ0n) is 11.5. The third kappa shape index (κ3) is 3.63. The number of hydrazone groups is 1. The molecule has 0 fully saturated rings. The van der Waals surface area contributed by atoms with Gasteiger partial charge in [0.15, 0.2) is 0 Å². The second-order valence-corrected chi connectivity index (χ2v) is 4.37. The maximum Gasteiger partial charge on any atom is 0.272 e. The highest BCUT2D eigenvalue weighted by atomic mass is 16.6. The average Bonchev–Trinajstić information content (AvgIpc) is 2.47. The van der Waals surface area contributed by atoms with E-state index in [1.54, 1.807) is 19.1 Å². The van der Waals surface area contributed by atoms with Gasteiger partial charge in [-0.2, -0.15) is 5.10 Å². The lowest BCUT2D eigenvalue weighted by molar-refractivity contribution is -0.398. The highest BCUT2D eigenvalue weighted by Crippen LogP contribution is 2.22. The van der Waals surface area contributed by atoms with E-state index in [4.69, 9.17) is 0 Å². The molecule has 22 heavy (non-hydrogen) atoms. The second kappa shape index (κ2) is 6.44. The summed E-state index contributed by atoms with van der Waals surface area (Å²) in [7, 11) is 0. The van der Waals surface area contributed by atoms with Gasteiger partial charge in [0, 0.05) is 18.0 Å². The van der Waals surface area contributed by atoms with E-state index >= 15 is 0 Å². The SMILES string of the molecule is Cc1ccc(C(=O)N/N=C\c2ccc([N+](=O)[O-])c([O-])c2)cn1. The fourth-order valence-corrected chi connectivity index (χ4v) is 1.59. The van der Waals surface area contributed by atoms with E-state index < -0.39 is 22.3 Å². The number of nitro benzene ring substituents is 1. The first-order chi connectivity index (χ1) is 10.5. The fourth-order valence-electron chi connectivity index (χ4n) is 1.59. The normalized spacial score (nSPS) is 10.6. The number of hydrogen-bond donors (Lipinski definition) is 1. The molecule has 0 unspecified atom stereocenters. The van der Waals surface area contributed by atoms with Crippen molar-refractivity contribution in [2.24, 2.45) is 5.10 Å².